The minimum absolute atomic E-state index is 0.0495. The second kappa shape index (κ2) is 6.92. The van der Waals surface area contributed by atoms with Gasteiger partial charge in [0.05, 0.1) is 5.39 Å². The van der Waals surface area contributed by atoms with Crippen molar-refractivity contribution >= 4 is 16.9 Å². The number of hydrogen-bond donors (Lipinski definition) is 1. The van der Waals surface area contributed by atoms with Crippen molar-refractivity contribution in [1.29, 1.82) is 0 Å². The Kier molecular flexibility index (Phi) is 4.52. The summed E-state index contributed by atoms with van der Waals surface area (Å²) in [6, 6.07) is 18.2. The molecule has 3 aromatic rings. The molecule has 1 aromatic heterocycles. The Morgan fingerprint density at radius 1 is 1.00 bits per heavy atom. The van der Waals surface area contributed by atoms with Gasteiger partial charge in [-0.3, -0.25) is 9.59 Å². The summed E-state index contributed by atoms with van der Waals surface area (Å²) in [6.07, 6.45) is 1.72. The number of benzene rings is 2. The van der Waals surface area contributed by atoms with E-state index in [4.69, 9.17) is 4.42 Å². The molecule has 0 atom stereocenters. The molecule has 1 heterocycles. The zero-order valence-electron chi connectivity index (χ0n) is 12.6. The fourth-order valence-electron chi connectivity index (χ4n) is 2.44. The zero-order valence-corrected chi connectivity index (χ0v) is 12.6. The first kappa shape index (κ1) is 15.0. The summed E-state index contributed by atoms with van der Waals surface area (Å²) in [4.78, 5) is 24.1. The maximum Gasteiger partial charge on any atom is 0.287 e. The number of carbonyl (C=O) groups is 1. The number of para-hydroxylation sites is 1. The number of rotatable bonds is 5. The molecule has 1 amide bonds. The Hall–Kier alpha value is -2.88. The first-order chi connectivity index (χ1) is 11.2. The van der Waals surface area contributed by atoms with Crippen LogP contribution in [-0.2, 0) is 6.42 Å². The molecule has 0 saturated carbocycles. The largest absolute Gasteiger partial charge is 0.451 e. The molecular formula is C19H17NO3. The van der Waals surface area contributed by atoms with Crippen LogP contribution in [0, 0.1) is 0 Å². The van der Waals surface area contributed by atoms with Crippen LogP contribution in [0.2, 0.25) is 0 Å². The highest BCUT2D eigenvalue weighted by molar-refractivity contribution is 5.93. The van der Waals surface area contributed by atoms with Gasteiger partial charge in [-0.05, 0) is 30.5 Å². The summed E-state index contributed by atoms with van der Waals surface area (Å²) in [6.45, 7) is 0.532. The van der Waals surface area contributed by atoms with Gasteiger partial charge in [0, 0.05) is 12.6 Å². The van der Waals surface area contributed by atoms with Crippen molar-refractivity contribution in [3.05, 3.63) is 82.2 Å². The number of nitrogens with one attached hydrogen (secondary N) is 1. The predicted octanol–water partition coefficient (Wildman–Crippen LogP) is 3.16. The topological polar surface area (TPSA) is 59.3 Å². The van der Waals surface area contributed by atoms with E-state index in [9.17, 15) is 9.59 Å². The molecular weight excluding hydrogens is 290 g/mol. The summed E-state index contributed by atoms with van der Waals surface area (Å²) in [7, 11) is 0. The van der Waals surface area contributed by atoms with Gasteiger partial charge in [0.2, 0.25) is 0 Å². The molecule has 4 heteroatoms. The van der Waals surface area contributed by atoms with Crippen LogP contribution in [-0.4, -0.2) is 12.5 Å². The summed E-state index contributed by atoms with van der Waals surface area (Å²) in [5.74, 6) is -0.311. The molecule has 0 unspecified atom stereocenters. The average molecular weight is 307 g/mol. The lowest BCUT2D eigenvalue weighted by atomic mass is 10.1. The van der Waals surface area contributed by atoms with E-state index in [-0.39, 0.29) is 17.1 Å². The van der Waals surface area contributed by atoms with Crippen LogP contribution in [0.4, 0.5) is 0 Å². The van der Waals surface area contributed by atoms with Crippen LogP contribution in [0.25, 0.3) is 11.0 Å². The van der Waals surface area contributed by atoms with Crippen molar-refractivity contribution in [2.24, 2.45) is 0 Å². The quantitative estimate of drug-likeness (QED) is 0.737. The normalized spacial score (nSPS) is 10.6. The molecule has 0 aliphatic heterocycles. The van der Waals surface area contributed by atoms with Crippen molar-refractivity contribution in [2.45, 2.75) is 12.8 Å². The van der Waals surface area contributed by atoms with Crippen LogP contribution in [0.15, 0.2) is 69.9 Å². The molecule has 0 radical (unpaired) electrons. The van der Waals surface area contributed by atoms with Gasteiger partial charge in [-0.15, -0.1) is 0 Å². The van der Waals surface area contributed by atoms with Crippen molar-refractivity contribution in [1.82, 2.24) is 5.32 Å². The second-order valence-electron chi connectivity index (χ2n) is 5.32. The average Bonchev–Trinajstić information content (AvgIpc) is 2.59. The van der Waals surface area contributed by atoms with Gasteiger partial charge >= 0.3 is 0 Å². The van der Waals surface area contributed by atoms with Gasteiger partial charge in [0.25, 0.3) is 5.91 Å². The maximum atomic E-state index is 12.1. The van der Waals surface area contributed by atoms with Crippen LogP contribution in [0.3, 0.4) is 0 Å². The third-order valence-electron chi connectivity index (χ3n) is 3.63. The van der Waals surface area contributed by atoms with E-state index in [1.807, 2.05) is 18.2 Å². The number of fused-ring (bicyclic) bond motifs is 1. The highest BCUT2D eigenvalue weighted by atomic mass is 16.3. The number of hydrogen-bond acceptors (Lipinski definition) is 3. The molecule has 0 aliphatic carbocycles. The summed E-state index contributed by atoms with van der Waals surface area (Å²) in [5, 5.41) is 3.27. The SMILES string of the molecule is O=C(NCCCc1ccccc1)c1cc(=O)c2ccccc2o1. The molecule has 116 valence electrons. The van der Waals surface area contributed by atoms with Crippen LogP contribution < -0.4 is 10.7 Å². The van der Waals surface area contributed by atoms with Crippen molar-refractivity contribution in [2.75, 3.05) is 6.54 Å². The molecule has 0 aliphatic rings. The lowest BCUT2D eigenvalue weighted by Crippen LogP contribution is -2.25. The molecule has 0 spiro atoms. The van der Waals surface area contributed by atoms with E-state index in [0.717, 1.165) is 12.8 Å². The van der Waals surface area contributed by atoms with Gasteiger partial charge in [0.15, 0.2) is 11.2 Å². The third-order valence-corrected chi connectivity index (χ3v) is 3.63. The van der Waals surface area contributed by atoms with Gasteiger partial charge in [-0.2, -0.15) is 0 Å². The molecule has 1 N–H and O–H groups in total. The van der Waals surface area contributed by atoms with E-state index < -0.39 is 0 Å². The third kappa shape index (κ3) is 3.66. The summed E-state index contributed by atoms with van der Waals surface area (Å²) >= 11 is 0. The fourth-order valence-corrected chi connectivity index (χ4v) is 2.44. The second-order valence-corrected chi connectivity index (χ2v) is 5.32. The zero-order chi connectivity index (χ0) is 16.1. The Balaban J connectivity index is 1.61. The molecule has 2 aromatic carbocycles. The van der Waals surface area contributed by atoms with Gasteiger partial charge in [-0.25, -0.2) is 0 Å². The van der Waals surface area contributed by atoms with Crippen LogP contribution in [0.1, 0.15) is 22.5 Å². The highest BCUT2D eigenvalue weighted by Gasteiger charge is 2.11. The minimum atomic E-state index is -0.360. The van der Waals surface area contributed by atoms with E-state index in [2.05, 4.69) is 17.4 Å². The molecule has 0 fully saturated rings. The van der Waals surface area contributed by atoms with Crippen LogP contribution in [0.5, 0.6) is 0 Å². The Morgan fingerprint density at radius 2 is 1.74 bits per heavy atom. The highest BCUT2D eigenvalue weighted by Crippen LogP contribution is 2.11. The molecule has 0 bridgehead atoms. The van der Waals surface area contributed by atoms with Crippen molar-refractivity contribution in [3.8, 4) is 0 Å². The first-order valence-corrected chi connectivity index (χ1v) is 7.59. The van der Waals surface area contributed by atoms with E-state index in [0.29, 0.717) is 17.5 Å². The fraction of sp³-hybridized carbons (Fsp3) is 0.158. The Morgan fingerprint density at radius 3 is 2.57 bits per heavy atom. The number of aryl methyl sites for hydroxylation is 1. The van der Waals surface area contributed by atoms with Crippen molar-refractivity contribution in [3.63, 3.8) is 0 Å². The van der Waals surface area contributed by atoms with E-state index in [1.54, 1.807) is 24.3 Å². The molecule has 4 nitrogen and oxygen atoms in total. The minimum Gasteiger partial charge on any atom is -0.451 e. The Labute approximate surface area is 133 Å². The van der Waals surface area contributed by atoms with Gasteiger partial charge in [-0.1, -0.05) is 42.5 Å². The van der Waals surface area contributed by atoms with E-state index >= 15 is 0 Å². The predicted molar refractivity (Wildman–Crippen MR) is 89.6 cm³/mol. The smallest absolute Gasteiger partial charge is 0.287 e. The maximum absolute atomic E-state index is 12.1. The summed E-state index contributed by atoms with van der Waals surface area (Å²) < 4.78 is 5.51. The van der Waals surface area contributed by atoms with Gasteiger partial charge < -0.3 is 9.73 Å². The summed E-state index contributed by atoms with van der Waals surface area (Å²) in [5.41, 5.74) is 1.45. The number of carbonyl (C=O) groups excluding carboxylic acids is 1. The first-order valence-electron chi connectivity index (χ1n) is 7.59. The molecule has 23 heavy (non-hydrogen) atoms. The lowest BCUT2D eigenvalue weighted by Gasteiger charge is -2.05. The monoisotopic (exact) mass is 307 g/mol. The van der Waals surface area contributed by atoms with Gasteiger partial charge in [0.1, 0.15) is 5.58 Å². The van der Waals surface area contributed by atoms with Crippen molar-refractivity contribution < 1.29 is 9.21 Å². The molecule has 0 saturated heterocycles. The Bertz CT molecular complexity index is 868. The standard InChI is InChI=1S/C19H17NO3/c21-16-13-18(23-17-11-5-4-10-15(16)17)19(22)20-12-6-9-14-7-2-1-3-8-14/h1-5,7-8,10-11,13H,6,9,12H2,(H,20,22). The number of amides is 1. The van der Waals surface area contributed by atoms with E-state index in [1.165, 1.54) is 11.6 Å². The molecule has 3 rings (SSSR count). The lowest BCUT2D eigenvalue weighted by molar-refractivity contribution is 0.0926. The van der Waals surface area contributed by atoms with Crippen LogP contribution >= 0.6 is 0 Å².